The summed E-state index contributed by atoms with van der Waals surface area (Å²) in [5, 5.41) is 3.53. The Balaban J connectivity index is 2.36. The largest absolute Gasteiger partial charge is 0.383 e. The van der Waals surface area contributed by atoms with Gasteiger partial charge in [-0.3, -0.25) is 9.80 Å². The Morgan fingerprint density at radius 1 is 1.11 bits per heavy atom. The zero-order valence-corrected chi connectivity index (χ0v) is 13.3. The molecule has 19 heavy (non-hydrogen) atoms. The molecule has 0 spiro atoms. The number of piperazine rings is 1. The first-order valence-electron chi connectivity index (χ1n) is 7.90. The van der Waals surface area contributed by atoms with Crippen molar-refractivity contribution >= 4 is 0 Å². The van der Waals surface area contributed by atoms with E-state index >= 15 is 0 Å². The molecule has 0 amide bonds. The maximum Gasteiger partial charge on any atom is 0.0630 e. The minimum Gasteiger partial charge on any atom is -0.383 e. The van der Waals surface area contributed by atoms with Crippen LogP contribution in [0.5, 0.6) is 0 Å². The van der Waals surface area contributed by atoms with Crippen molar-refractivity contribution in [1.29, 1.82) is 0 Å². The second-order valence-corrected chi connectivity index (χ2v) is 5.64. The van der Waals surface area contributed by atoms with E-state index in [0.717, 1.165) is 25.7 Å². The number of methoxy groups -OCH3 is 1. The summed E-state index contributed by atoms with van der Waals surface area (Å²) >= 11 is 0. The standard InChI is InChI=1S/C15H33N3O/c1-5-7-16-12-15(13-19-4)18-10-8-17(9-11-18)14(3)6-2/h14-16H,5-13H2,1-4H3. The summed E-state index contributed by atoms with van der Waals surface area (Å²) in [6.45, 7) is 14.6. The first-order valence-corrected chi connectivity index (χ1v) is 7.90. The van der Waals surface area contributed by atoms with Crippen molar-refractivity contribution in [2.75, 3.05) is 53.0 Å². The van der Waals surface area contributed by atoms with Gasteiger partial charge in [-0.15, -0.1) is 0 Å². The molecule has 0 radical (unpaired) electrons. The van der Waals surface area contributed by atoms with E-state index in [1.165, 1.54) is 39.0 Å². The fourth-order valence-electron chi connectivity index (χ4n) is 2.73. The number of hydrogen-bond donors (Lipinski definition) is 1. The molecule has 4 nitrogen and oxygen atoms in total. The molecule has 0 aromatic heterocycles. The Kier molecular flexibility index (Phi) is 8.62. The SMILES string of the molecule is CCCNCC(COC)N1CCN(C(C)CC)CC1. The molecule has 114 valence electrons. The Morgan fingerprint density at radius 3 is 2.26 bits per heavy atom. The topological polar surface area (TPSA) is 27.7 Å². The predicted molar refractivity (Wildman–Crippen MR) is 81.7 cm³/mol. The highest BCUT2D eigenvalue weighted by atomic mass is 16.5. The van der Waals surface area contributed by atoms with Crippen LogP contribution in [0.2, 0.25) is 0 Å². The predicted octanol–water partition coefficient (Wildman–Crippen LogP) is 1.42. The highest BCUT2D eigenvalue weighted by Gasteiger charge is 2.25. The monoisotopic (exact) mass is 271 g/mol. The van der Waals surface area contributed by atoms with Gasteiger partial charge in [-0.25, -0.2) is 0 Å². The molecular formula is C15H33N3O. The lowest BCUT2D eigenvalue weighted by atomic mass is 10.1. The van der Waals surface area contributed by atoms with Crippen molar-refractivity contribution in [2.45, 2.75) is 45.7 Å². The zero-order chi connectivity index (χ0) is 14.1. The summed E-state index contributed by atoms with van der Waals surface area (Å²) in [5.41, 5.74) is 0. The van der Waals surface area contributed by atoms with Gasteiger partial charge in [0.25, 0.3) is 0 Å². The van der Waals surface area contributed by atoms with Gasteiger partial charge in [-0.1, -0.05) is 13.8 Å². The van der Waals surface area contributed by atoms with Gasteiger partial charge in [0.1, 0.15) is 0 Å². The van der Waals surface area contributed by atoms with Gasteiger partial charge in [0, 0.05) is 51.9 Å². The molecule has 1 aliphatic rings. The van der Waals surface area contributed by atoms with Crippen molar-refractivity contribution in [1.82, 2.24) is 15.1 Å². The second-order valence-electron chi connectivity index (χ2n) is 5.64. The van der Waals surface area contributed by atoms with E-state index in [0.29, 0.717) is 6.04 Å². The Bertz CT molecular complexity index is 217. The molecule has 1 saturated heterocycles. The number of nitrogens with one attached hydrogen (secondary N) is 1. The number of hydrogen-bond acceptors (Lipinski definition) is 4. The molecule has 1 N–H and O–H groups in total. The van der Waals surface area contributed by atoms with Gasteiger partial charge in [0.15, 0.2) is 0 Å². The first kappa shape index (κ1) is 16.9. The van der Waals surface area contributed by atoms with E-state index in [4.69, 9.17) is 4.74 Å². The van der Waals surface area contributed by atoms with Gasteiger partial charge >= 0.3 is 0 Å². The molecule has 1 rings (SSSR count). The third kappa shape index (κ3) is 5.78. The Hall–Kier alpha value is -0.160. The molecule has 0 bridgehead atoms. The van der Waals surface area contributed by atoms with Crippen LogP contribution < -0.4 is 5.32 Å². The molecule has 0 aliphatic carbocycles. The molecular weight excluding hydrogens is 238 g/mol. The summed E-state index contributed by atoms with van der Waals surface area (Å²) in [7, 11) is 1.81. The summed E-state index contributed by atoms with van der Waals surface area (Å²) in [6, 6.07) is 1.25. The lowest BCUT2D eigenvalue weighted by molar-refractivity contribution is 0.0376. The van der Waals surface area contributed by atoms with Crippen molar-refractivity contribution in [2.24, 2.45) is 0 Å². The quantitative estimate of drug-likeness (QED) is 0.642. The van der Waals surface area contributed by atoms with Crippen LogP contribution in [0.25, 0.3) is 0 Å². The normalized spacial score (nSPS) is 21.5. The summed E-state index contributed by atoms with van der Waals surface area (Å²) in [6.07, 6.45) is 2.45. The summed E-state index contributed by atoms with van der Waals surface area (Å²) < 4.78 is 5.39. The smallest absolute Gasteiger partial charge is 0.0630 e. The molecule has 1 heterocycles. The van der Waals surface area contributed by atoms with Crippen LogP contribution in [0.15, 0.2) is 0 Å². The van der Waals surface area contributed by atoms with E-state index in [2.05, 4.69) is 35.9 Å². The van der Waals surface area contributed by atoms with Gasteiger partial charge < -0.3 is 10.1 Å². The zero-order valence-electron chi connectivity index (χ0n) is 13.3. The van der Waals surface area contributed by atoms with Crippen LogP contribution in [0.1, 0.15) is 33.6 Å². The van der Waals surface area contributed by atoms with E-state index in [9.17, 15) is 0 Å². The van der Waals surface area contributed by atoms with E-state index in [-0.39, 0.29) is 0 Å². The fraction of sp³-hybridized carbons (Fsp3) is 1.00. The van der Waals surface area contributed by atoms with Gasteiger partial charge in [-0.05, 0) is 26.3 Å². The fourth-order valence-corrected chi connectivity index (χ4v) is 2.73. The molecule has 4 heteroatoms. The van der Waals surface area contributed by atoms with Crippen LogP contribution in [0.3, 0.4) is 0 Å². The molecule has 2 atom stereocenters. The third-order valence-corrected chi connectivity index (χ3v) is 4.25. The van der Waals surface area contributed by atoms with Crippen molar-refractivity contribution in [3.63, 3.8) is 0 Å². The average Bonchev–Trinajstić information content (AvgIpc) is 2.46. The van der Waals surface area contributed by atoms with Crippen molar-refractivity contribution in [3.05, 3.63) is 0 Å². The van der Waals surface area contributed by atoms with Crippen molar-refractivity contribution in [3.8, 4) is 0 Å². The van der Waals surface area contributed by atoms with E-state index < -0.39 is 0 Å². The van der Waals surface area contributed by atoms with Crippen LogP contribution in [-0.2, 0) is 4.74 Å². The van der Waals surface area contributed by atoms with Gasteiger partial charge in [0.2, 0.25) is 0 Å². The first-order chi connectivity index (χ1) is 9.22. The molecule has 1 aliphatic heterocycles. The van der Waals surface area contributed by atoms with Crippen LogP contribution >= 0.6 is 0 Å². The maximum absolute atomic E-state index is 5.39. The second kappa shape index (κ2) is 9.70. The molecule has 1 fully saturated rings. The number of rotatable bonds is 9. The molecule has 2 unspecified atom stereocenters. The van der Waals surface area contributed by atoms with Gasteiger partial charge in [0.05, 0.1) is 6.61 Å². The average molecular weight is 271 g/mol. The van der Waals surface area contributed by atoms with E-state index in [1.54, 1.807) is 0 Å². The Morgan fingerprint density at radius 2 is 1.74 bits per heavy atom. The van der Waals surface area contributed by atoms with Crippen LogP contribution in [-0.4, -0.2) is 74.9 Å². The summed E-state index contributed by atoms with van der Waals surface area (Å²) in [5.74, 6) is 0. The van der Waals surface area contributed by atoms with Crippen molar-refractivity contribution < 1.29 is 4.74 Å². The molecule has 0 aromatic carbocycles. The number of nitrogens with zero attached hydrogens (tertiary/aromatic N) is 2. The lowest BCUT2D eigenvalue weighted by Gasteiger charge is -2.41. The van der Waals surface area contributed by atoms with Crippen LogP contribution in [0, 0.1) is 0 Å². The summed E-state index contributed by atoms with van der Waals surface area (Å²) in [4.78, 5) is 5.20. The Labute approximate surface area is 119 Å². The van der Waals surface area contributed by atoms with Crippen LogP contribution in [0.4, 0.5) is 0 Å². The third-order valence-electron chi connectivity index (χ3n) is 4.25. The lowest BCUT2D eigenvalue weighted by Crippen LogP contribution is -2.55. The highest BCUT2D eigenvalue weighted by molar-refractivity contribution is 4.81. The molecule has 0 saturated carbocycles. The highest BCUT2D eigenvalue weighted by Crippen LogP contribution is 2.11. The molecule has 0 aromatic rings. The minimum absolute atomic E-state index is 0.524. The maximum atomic E-state index is 5.39. The number of ether oxygens (including phenoxy) is 1. The minimum atomic E-state index is 0.524. The van der Waals surface area contributed by atoms with Gasteiger partial charge in [-0.2, -0.15) is 0 Å². The van der Waals surface area contributed by atoms with E-state index in [1.807, 2.05) is 7.11 Å².